The molecule has 0 atom stereocenters. The number of rotatable bonds is 11. The highest BCUT2D eigenvalue weighted by Crippen LogP contribution is 2.39. The van der Waals surface area contributed by atoms with Crippen molar-refractivity contribution in [1.29, 1.82) is 0 Å². The summed E-state index contributed by atoms with van der Waals surface area (Å²) in [6, 6.07) is 4.84. The fraction of sp³-hybridized carbons (Fsp3) is 0.667. The third-order valence-corrected chi connectivity index (χ3v) is 4.53. The maximum absolute atomic E-state index is 5.55. The normalized spacial score (nSPS) is 11.9. The van der Waals surface area contributed by atoms with Crippen LogP contribution in [0.4, 0.5) is 0 Å². The summed E-state index contributed by atoms with van der Waals surface area (Å²) in [5.41, 5.74) is 0.934. The zero-order valence-corrected chi connectivity index (χ0v) is 18.8. The quantitative estimate of drug-likeness (QED) is 0.444. The maximum Gasteiger partial charge on any atom is 0.203 e. The van der Waals surface area contributed by atoms with E-state index in [1.165, 1.54) is 0 Å². The van der Waals surface area contributed by atoms with E-state index in [1.807, 2.05) is 12.1 Å². The molecule has 7 heteroatoms. The molecular formula is C21H38N4O3. The Labute approximate surface area is 170 Å². The van der Waals surface area contributed by atoms with Gasteiger partial charge in [0, 0.05) is 37.3 Å². The molecule has 0 saturated carbocycles. The van der Waals surface area contributed by atoms with Crippen LogP contribution >= 0.6 is 0 Å². The van der Waals surface area contributed by atoms with Gasteiger partial charge in [-0.25, -0.2) is 4.99 Å². The number of aliphatic imine (C=N–C) groups is 1. The molecule has 0 aliphatic carbocycles. The van der Waals surface area contributed by atoms with Gasteiger partial charge >= 0.3 is 0 Å². The van der Waals surface area contributed by atoms with Gasteiger partial charge in [-0.05, 0) is 46.8 Å². The highest BCUT2D eigenvalue weighted by atomic mass is 16.5. The fourth-order valence-electron chi connectivity index (χ4n) is 3.21. The summed E-state index contributed by atoms with van der Waals surface area (Å²) in [6.07, 6.45) is 0. The molecule has 0 spiro atoms. The lowest BCUT2D eigenvalue weighted by atomic mass is 10.1. The van der Waals surface area contributed by atoms with Crippen molar-refractivity contribution < 1.29 is 14.2 Å². The van der Waals surface area contributed by atoms with Crippen LogP contribution in [-0.4, -0.2) is 63.9 Å². The van der Waals surface area contributed by atoms with Gasteiger partial charge in [-0.15, -0.1) is 0 Å². The zero-order chi connectivity index (χ0) is 21.1. The van der Waals surface area contributed by atoms with Crippen molar-refractivity contribution >= 4 is 5.96 Å². The number of hydrogen-bond acceptors (Lipinski definition) is 5. The second-order valence-electron chi connectivity index (χ2n) is 7.04. The summed E-state index contributed by atoms with van der Waals surface area (Å²) in [5.74, 6) is 2.65. The average molecular weight is 395 g/mol. The lowest BCUT2D eigenvalue weighted by Crippen LogP contribution is -2.45. The molecule has 0 aliphatic heterocycles. The molecule has 0 amide bonds. The number of methoxy groups -OCH3 is 3. The first-order chi connectivity index (χ1) is 13.4. The number of nitrogens with zero attached hydrogens (tertiary/aromatic N) is 2. The molecule has 0 aromatic heterocycles. The summed E-state index contributed by atoms with van der Waals surface area (Å²) in [6.45, 7) is 14.0. The van der Waals surface area contributed by atoms with Gasteiger partial charge in [-0.1, -0.05) is 0 Å². The lowest BCUT2D eigenvalue weighted by molar-refractivity contribution is 0.178. The first kappa shape index (κ1) is 23.9. The molecule has 0 heterocycles. The van der Waals surface area contributed by atoms with E-state index in [9.17, 15) is 0 Å². The number of guanidine groups is 1. The van der Waals surface area contributed by atoms with E-state index in [4.69, 9.17) is 19.2 Å². The van der Waals surface area contributed by atoms with E-state index in [2.05, 4.69) is 50.2 Å². The van der Waals surface area contributed by atoms with Crippen molar-refractivity contribution in [3.05, 3.63) is 17.7 Å². The lowest BCUT2D eigenvalue weighted by Gasteiger charge is -2.30. The van der Waals surface area contributed by atoms with Gasteiger partial charge < -0.3 is 24.8 Å². The zero-order valence-electron chi connectivity index (χ0n) is 18.8. The molecule has 0 aliphatic rings. The standard InChI is InChI=1S/C21H38N4O3/c1-9-22-21(23-12-13-25(15(2)3)16(4)5)24-14-17-10-11-18(26-6)20(28-8)19(17)27-7/h10-11,15-16H,9,12-14H2,1-8H3,(H2,22,23,24). The SMILES string of the molecule is CCNC(=NCc1ccc(OC)c(OC)c1OC)NCCN(C(C)C)C(C)C. The van der Waals surface area contributed by atoms with E-state index >= 15 is 0 Å². The van der Waals surface area contributed by atoms with Crippen molar-refractivity contribution in [2.24, 2.45) is 4.99 Å². The molecule has 160 valence electrons. The minimum atomic E-state index is 0.469. The van der Waals surface area contributed by atoms with Crippen molar-refractivity contribution in [2.45, 2.75) is 53.2 Å². The molecule has 1 aromatic rings. The molecule has 28 heavy (non-hydrogen) atoms. The molecule has 1 aromatic carbocycles. The number of benzene rings is 1. The van der Waals surface area contributed by atoms with Crippen molar-refractivity contribution in [3.63, 3.8) is 0 Å². The summed E-state index contributed by atoms with van der Waals surface area (Å²) in [5, 5.41) is 6.72. The van der Waals surface area contributed by atoms with Crippen LogP contribution in [0.5, 0.6) is 17.2 Å². The predicted molar refractivity (Wildman–Crippen MR) is 116 cm³/mol. The van der Waals surface area contributed by atoms with Crippen LogP contribution in [0, 0.1) is 0 Å². The highest BCUT2D eigenvalue weighted by molar-refractivity contribution is 5.79. The van der Waals surface area contributed by atoms with Gasteiger partial charge in [0.05, 0.1) is 27.9 Å². The van der Waals surface area contributed by atoms with Crippen LogP contribution in [0.3, 0.4) is 0 Å². The second kappa shape index (κ2) is 12.3. The average Bonchev–Trinajstić information content (AvgIpc) is 2.67. The van der Waals surface area contributed by atoms with Crippen LogP contribution in [0.1, 0.15) is 40.2 Å². The Kier molecular flexibility index (Phi) is 10.5. The molecule has 0 radical (unpaired) electrons. The van der Waals surface area contributed by atoms with Crippen molar-refractivity contribution in [3.8, 4) is 17.2 Å². The Hall–Kier alpha value is -2.15. The highest BCUT2D eigenvalue weighted by Gasteiger charge is 2.16. The van der Waals surface area contributed by atoms with Gasteiger partial charge in [-0.2, -0.15) is 0 Å². The summed E-state index contributed by atoms with van der Waals surface area (Å²) in [4.78, 5) is 7.16. The van der Waals surface area contributed by atoms with Crippen LogP contribution < -0.4 is 24.8 Å². The molecule has 0 saturated heterocycles. The molecule has 0 unspecified atom stereocenters. The topological polar surface area (TPSA) is 67.4 Å². The van der Waals surface area contributed by atoms with Gasteiger partial charge in [0.2, 0.25) is 5.75 Å². The number of hydrogen-bond donors (Lipinski definition) is 2. The van der Waals surface area contributed by atoms with Gasteiger partial charge in [0.1, 0.15) is 0 Å². The van der Waals surface area contributed by atoms with Crippen LogP contribution in [-0.2, 0) is 6.54 Å². The predicted octanol–water partition coefficient (Wildman–Crippen LogP) is 2.89. The number of ether oxygens (including phenoxy) is 3. The third kappa shape index (κ3) is 6.78. The van der Waals surface area contributed by atoms with Gasteiger partial charge in [0.25, 0.3) is 0 Å². The smallest absolute Gasteiger partial charge is 0.203 e. The first-order valence-corrected chi connectivity index (χ1v) is 9.95. The summed E-state index contributed by atoms with van der Waals surface area (Å²) >= 11 is 0. The Morgan fingerprint density at radius 1 is 0.964 bits per heavy atom. The minimum Gasteiger partial charge on any atom is -0.493 e. The minimum absolute atomic E-state index is 0.469. The van der Waals surface area contributed by atoms with Crippen molar-refractivity contribution in [1.82, 2.24) is 15.5 Å². The number of nitrogens with one attached hydrogen (secondary N) is 2. The van der Waals surface area contributed by atoms with Crippen LogP contribution in [0.15, 0.2) is 17.1 Å². The van der Waals surface area contributed by atoms with E-state index in [0.29, 0.717) is 35.9 Å². The third-order valence-electron chi connectivity index (χ3n) is 4.53. The fourth-order valence-corrected chi connectivity index (χ4v) is 3.21. The maximum atomic E-state index is 5.55. The molecular weight excluding hydrogens is 356 g/mol. The van der Waals surface area contributed by atoms with Gasteiger partial charge in [0.15, 0.2) is 17.5 Å². The molecule has 2 N–H and O–H groups in total. The van der Waals surface area contributed by atoms with E-state index in [-0.39, 0.29) is 0 Å². The molecule has 0 fully saturated rings. The van der Waals surface area contributed by atoms with E-state index in [0.717, 1.165) is 31.2 Å². The van der Waals surface area contributed by atoms with Crippen molar-refractivity contribution in [2.75, 3.05) is 41.0 Å². The first-order valence-electron chi connectivity index (χ1n) is 9.95. The molecule has 0 bridgehead atoms. The Morgan fingerprint density at radius 3 is 2.11 bits per heavy atom. The largest absolute Gasteiger partial charge is 0.493 e. The van der Waals surface area contributed by atoms with E-state index in [1.54, 1.807) is 21.3 Å². The molecule has 1 rings (SSSR count). The summed E-state index contributed by atoms with van der Waals surface area (Å²) < 4.78 is 16.3. The van der Waals surface area contributed by atoms with Crippen LogP contribution in [0.2, 0.25) is 0 Å². The van der Waals surface area contributed by atoms with Crippen LogP contribution in [0.25, 0.3) is 0 Å². The van der Waals surface area contributed by atoms with E-state index < -0.39 is 0 Å². The Bertz CT molecular complexity index is 610. The monoisotopic (exact) mass is 394 g/mol. The Morgan fingerprint density at radius 2 is 1.61 bits per heavy atom. The summed E-state index contributed by atoms with van der Waals surface area (Å²) in [7, 11) is 4.84. The molecule has 7 nitrogen and oxygen atoms in total. The van der Waals surface area contributed by atoms with Gasteiger partial charge in [-0.3, -0.25) is 4.90 Å². The Balaban J connectivity index is 2.87. The second-order valence-corrected chi connectivity index (χ2v) is 7.04.